The number of carbonyl (C=O) groups is 2. The van der Waals surface area contributed by atoms with Crippen LogP contribution in [0, 0.1) is 0 Å². The molecule has 0 saturated carbocycles. The molecule has 0 heterocycles. The summed E-state index contributed by atoms with van der Waals surface area (Å²) in [6, 6.07) is -1.18. The van der Waals surface area contributed by atoms with Crippen molar-refractivity contribution in [2.24, 2.45) is 5.73 Å². The number of carbonyl (C=O) groups excluding carboxylic acids is 1. The van der Waals surface area contributed by atoms with E-state index in [-0.39, 0.29) is 6.54 Å². The van der Waals surface area contributed by atoms with Gasteiger partial charge in [0.25, 0.3) is 0 Å². The molecule has 0 radical (unpaired) electrons. The van der Waals surface area contributed by atoms with Gasteiger partial charge >= 0.3 is 11.9 Å². The van der Waals surface area contributed by atoms with Crippen LogP contribution in [0.1, 0.15) is 6.92 Å². The SMILES string of the molecule is CNCC(=O)O[C@H](C)[C@H](N)C(=O)O. The minimum Gasteiger partial charge on any atom is -0.480 e. The number of carboxylic acid groups (broad SMARTS) is 1. The summed E-state index contributed by atoms with van der Waals surface area (Å²) in [4.78, 5) is 21.2. The lowest BCUT2D eigenvalue weighted by molar-refractivity contribution is -0.152. The third-order valence-corrected chi connectivity index (χ3v) is 1.43. The maximum absolute atomic E-state index is 10.8. The lowest BCUT2D eigenvalue weighted by Crippen LogP contribution is -2.43. The highest BCUT2D eigenvalue weighted by Crippen LogP contribution is 1.96. The van der Waals surface area contributed by atoms with Gasteiger partial charge in [-0.1, -0.05) is 0 Å². The van der Waals surface area contributed by atoms with E-state index in [1.54, 1.807) is 7.05 Å². The summed E-state index contributed by atoms with van der Waals surface area (Å²) >= 11 is 0. The molecule has 0 fully saturated rings. The molecule has 0 aliphatic carbocycles. The molecule has 0 amide bonds. The lowest BCUT2D eigenvalue weighted by atomic mass is 10.2. The molecule has 2 atom stereocenters. The molecule has 0 aliphatic rings. The van der Waals surface area contributed by atoms with Crippen molar-refractivity contribution in [3.63, 3.8) is 0 Å². The molecule has 0 aromatic heterocycles. The zero-order chi connectivity index (χ0) is 10.4. The summed E-state index contributed by atoms with van der Waals surface area (Å²) in [6.45, 7) is 1.48. The molecule has 0 unspecified atom stereocenters. The predicted molar refractivity (Wildman–Crippen MR) is 45.1 cm³/mol. The lowest BCUT2D eigenvalue weighted by Gasteiger charge is -2.16. The zero-order valence-corrected chi connectivity index (χ0v) is 7.61. The second-order valence-corrected chi connectivity index (χ2v) is 2.59. The Kier molecular flexibility index (Phi) is 5.01. The largest absolute Gasteiger partial charge is 0.480 e. The van der Waals surface area contributed by atoms with E-state index >= 15 is 0 Å². The number of carboxylic acids is 1. The molecule has 0 aromatic rings. The molecule has 0 aromatic carbocycles. The molecule has 6 heteroatoms. The van der Waals surface area contributed by atoms with Gasteiger partial charge < -0.3 is 20.9 Å². The van der Waals surface area contributed by atoms with Gasteiger partial charge in [-0.3, -0.25) is 9.59 Å². The summed E-state index contributed by atoms with van der Waals surface area (Å²) in [7, 11) is 1.59. The molecule has 0 spiro atoms. The molecule has 0 bridgehead atoms. The Hall–Kier alpha value is -1.14. The van der Waals surface area contributed by atoms with Gasteiger partial charge in [-0.05, 0) is 14.0 Å². The quantitative estimate of drug-likeness (QED) is 0.458. The van der Waals surface area contributed by atoms with Crippen molar-refractivity contribution in [2.45, 2.75) is 19.1 Å². The second-order valence-electron chi connectivity index (χ2n) is 2.59. The molecule has 0 saturated heterocycles. The number of hydrogen-bond donors (Lipinski definition) is 3. The first-order valence-corrected chi connectivity index (χ1v) is 3.81. The van der Waals surface area contributed by atoms with E-state index in [4.69, 9.17) is 15.6 Å². The number of hydrogen-bond acceptors (Lipinski definition) is 5. The number of rotatable bonds is 5. The van der Waals surface area contributed by atoms with Crippen LogP contribution in [0.4, 0.5) is 0 Å². The first-order valence-electron chi connectivity index (χ1n) is 3.81. The van der Waals surface area contributed by atoms with Crippen LogP contribution in [0.2, 0.25) is 0 Å². The van der Waals surface area contributed by atoms with E-state index in [1.165, 1.54) is 6.92 Å². The Morgan fingerprint density at radius 1 is 1.62 bits per heavy atom. The standard InChI is InChI=1S/C7H14N2O4/c1-4(6(8)7(11)12)13-5(10)3-9-2/h4,6,9H,3,8H2,1-2H3,(H,11,12)/t4-,6+/m1/s1. The van der Waals surface area contributed by atoms with Crippen LogP contribution in [0.5, 0.6) is 0 Å². The van der Waals surface area contributed by atoms with Crippen molar-refractivity contribution < 1.29 is 19.4 Å². The molecular formula is C7H14N2O4. The van der Waals surface area contributed by atoms with Crippen molar-refractivity contribution in [1.29, 1.82) is 0 Å². The monoisotopic (exact) mass is 190 g/mol. The number of nitrogens with one attached hydrogen (secondary N) is 1. The normalized spacial score (nSPS) is 14.7. The van der Waals surface area contributed by atoms with Gasteiger partial charge in [0, 0.05) is 0 Å². The van der Waals surface area contributed by atoms with Crippen molar-refractivity contribution in [3.8, 4) is 0 Å². The van der Waals surface area contributed by atoms with Crippen molar-refractivity contribution >= 4 is 11.9 Å². The molecule has 4 N–H and O–H groups in total. The third kappa shape index (κ3) is 4.44. The van der Waals surface area contributed by atoms with E-state index in [2.05, 4.69) is 5.32 Å². The van der Waals surface area contributed by atoms with Crippen molar-refractivity contribution in [1.82, 2.24) is 5.32 Å². The van der Waals surface area contributed by atoms with Gasteiger partial charge in [0.05, 0.1) is 6.54 Å². The molecule has 6 nitrogen and oxygen atoms in total. The number of nitrogens with two attached hydrogens (primary N) is 1. The third-order valence-electron chi connectivity index (χ3n) is 1.43. The number of ether oxygens (including phenoxy) is 1. The molecule has 76 valence electrons. The van der Waals surface area contributed by atoms with Gasteiger partial charge in [-0.25, -0.2) is 0 Å². The summed E-state index contributed by atoms with van der Waals surface area (Å²) in [6.07, 6.45) is -0.821. The molecule has 0 aliphatic heterocycles. The summed E-state index contributed by atoms with van der Waals surface area (Å²) in [5, 5.41) is 11.0. The van der Waals surface area contributed by atoms with Crippen LogP contribution in [-0.4, -0.2) is 42.8 Å². The number of esters is 1. The Morgan fingerprint density at radius 2 is 2.15 bits per heavy atom. The molecular weight excluding hydrogens is 176 g/mol. The zero-order valence-electron chi connectivity index (χ0n) is 7.61. The Balaban J connectivity index is 3.92. The number of likely N-dealkylation sites (N-methyl/N-ethyl adjacent to an activating group) is 1. The van der Waals surface area contributed by atoms with E-state index in [9.17, 15) is 9.59 Å². The van der Waals surface area contributed by atoms with Gasteiger partial charge in [0.1, 0.15) is 12.1 Å². The van der Waals surface area contributed by atoms with Gasteiger partial charge in [0.2, 0.25) is 0 Å². The van der Waals surface area contributed by atoms with E-state index in [0.29, 0.717) is 0 Å². The van der Waals surface area contributed by atoms with E-state index < -0.39 is 24.1 Å². The Labute approximate surface area is 76.0 Å². The Bertz CT molecular complexity index is 195. The summed E-state index contributed by atoms with van der Waals surface area (Å²) < 4.78 is 4.71. The first-order chi connectivity index (χ1) is 5.99. The summed E-state index contributed by atoms with van der Waals surface area (Å²) in [5.74, 6) is -1.71. The van der Waals surface area contributed by atoms with E-state index in [0.717, 1.165) is 0 Å². The number of aliphatic carboxylic acids is 1. The highest BCUT2D eigenvalue weighted by Gasteiger charge is 2.22. The highest BCUT2D eigenvalue weighted by molar-refractivity contribution is 5.76. The van der Waals surface area contributed by atoms with Gasteiger partial charge in [-0.2, -0.15) is 0 Å². The second kappa shape index (κ2) is 5.50. The maximum atomic E-state index is 10.8. The van der Waals surface area contributed by atoms with Crippen LogP contribution < -0.4 is 11.1 Å². The van der Waals surface area contributed by atoms with Gasteiger partial charge in [0.15, 0.2) is 0 Å². The van der Waals surface area contributed by atoms with Crippen LogP contribution in [0.15, 0.2) is 0 Å². The minimum atomic E-state index is -1.19. The fourth-order valence-electron chi connectivity index (χ4n) is 0.667. The topological polar surface area (TPSA) is 102 Å². The molecule has 13 heavy (non-hydrogen) atoms. The van der Waals surface area contributed by atoms with Gasteiger partial charge in [-0.15, -0.1) is 0 Å². The molecule has 0 rings (SSSR count). The summed E-state index contributed by atoms with van der Waals surface area (Å²) in [5.41, 5.74) is 5.21. The average Bonchev–Trinajstić information content (AvgIpc) is 2.03. The van der Waals surface area contributed by atoms with Crippen LogP contribution in [-0.2, 0) is 14.3 Å². The maximum Gasteiger partial charge on any atom is 0.324 e. The van der Waals surface area contributed by atoms with Crippen LogP contribution >= 0.6 is 0 Å². The smallest absolute Gasteiger partial charge is 0.324 e. The highest BCUT2D eigenvalue weighted by atomic mass is 16.5. The van der Waals surface area contributed by atoms with Crippen LogP contribution in [0.25, 0.3) is 0 Å². The average molecular weight is 190 g/mol. The first kappa shape index (κ1) is 11.9. The fraction of sp³-hybridized carbons (Fsp3) is 0.714. The minimum absolute atomic E-state index is 0.0384. The predicted octanol–water partition coefficient (Wildman–Crippen LogP) is -1.45. The fourth-order valence-corrected chi connectivity index (χ4v) is 0.667. The van der Waals surface area contributed by atoms with Crippen LogP contribution in [0.3, 0.4) is 0 Å². The van der Waals surface area contributed by atoms with Crippen molar-refractivity contribution in [3.05, 3.63) is 0 Å². The van der Waals surface area contributed by atoms with Crippen molar-refractivity contribution in [2.75, 3.05) is 13.6 Å². The van der Waals surface area contributed by atoms with E-state index in [1.807, 2.05) is 0 Å². The Morgan fingerprint density at radius 3 is 2.54 bits per heavy atom.